The Bertz CT molecular complexity index is 1790. The largest absolute Gasteiger partial charge is 0.310 e. The minimum absolute atomic E-state index is 1.14. The first-order valence-corrected chi connectivity index (χ1v) is 15.1. The minimum Gasteiger partial charge on any atom is -0.310 e. The second kappa shape index (κ2) is 10.8. The monoisotopic (exact) mass is 549 g/mol. The first-order valence-electron chi connectivity index (χ1n) is 13.4. The fourth-order valence-corrected chi connectivity index (χ4v) is 7.61. The number of benzene rings is 6. The van der Waals surface area contributed by atoms with Crippen molar-refractivity contribution in [2.75, 3.05) is 4.90 Å². The standard InChI is InChI=1S/C37H27NS2/c1-26-9-7-12-32(25-26)38(30-10-3-2-4-11-30)31-23-21-28(22-24-31)27-17-19-29(20-18-27)33-13-8-16-36-37(33)40-35-15-6-5-14-34(35)39-36/h2-25H,1H3. The summed E-state index contributed by atoms with van der Waals surface area (Å²) in [5.41, 5.74) is 9.67. The van der Waals surface area contributed by atoms with Gasteiger partial charge in [0.15, 0.2) is 0 Å². The molecule has 0 unspecified atom stereocenters. The van der Waals surface area contributed by atoms with Gasteiger partial charge in [0.1, 0.15) is 0 Å². The van der Waals surface area contributed by atoms with Crippen molar-refractivity contribution in [3.8, 4) is 22.3 Å². The zero-order chi connectivity index (χ0) is 26.9. The van der Waals surface area contributed by atoms with Crippen molar-refractivity contribution in [3.05, 3.63) is 151 Å². The van der Waals surface area contributed by atoms with Crippen LogP contribution in [-0.4, -0.2) is 0 Å². The Labute approximate surface area is 244 Å². The van der Waals surface area contributed by atoms with E-state index in [1.165, 1.54) is 47.4 Å². The Hall–Kier alpha value is -4.18. The number of hydrogen-bond acceptors (Lipinski definition) is 3. The van der Waals surface area contributed by atoms with Crippen LogP contribution in [0.3, 0.4) is 0 Å². The summed E-state index contributed by atoms with van der Waals surface area (Å²) in [5, 5.41) is 0. The van der Waals surface area contributed by atoms with Crippen LogP contribution in [0.5, 0.6) is 0 Å². The van der Waals surface area contributed by atoms with E-state index in [-0.39, 0.29) is 0 Å². The summed E-state index contributed by atoms with van der Waals surface area (Å²) in [5.74, 6) is 0. The summed E-state index contributed by atoms with van der Waals surface area (Å²) < 4.78 is 0. The van der Waals surface area contributed by atoms with Crippen molar-refractivity contribution in [1.82, 2.24) is 0 Å². The van der Waals surface area contributed by atoms with Crippen molar-refractivity contribution in [2.45, 2.75) is 26.5 Å². The molecule has 0 saturated heterocycles. The van der Waals surface area contributed by atoms with Crippen LogP contribution >= 0.6 is 23.5 Å². The van der Waals surface area contributed by atoms with Gasteiger partial charge in [0.25, 0.3) is 0 Å². The van der Waals surface area contributed by atoms with E-state index < -0.39 is 0 Å². The molecule has 1 nitrogen and oxygen atoms in total. The highest BCUT2D eigenvalue weighted by Crippen LogP contribution is 2.51. The molecule has 192 valence electrons. The number of fused-ring (bicyclic) bond motifs is 2. The molecular formula is C37H27NS2. The van der Waals surface area contributed by atoms with Crippen molar-refractivity contribution in [1.29, 1.82) is 0 Å². The molecule has 0 saturated carbocycles. The van der Waals surface area contributed by atoms with Crippen molar-refractivity contribution < 1.29 is 0 Å². The van der Waals surface area contributed by atoms with E-state index in [0.29, 0.717) is 0 Å². The molecule has 1 aliphatic heterocycles. The Balaban J connectivity index is 1.18. The minimum atomic E-state index is 1.14. The van der Waals surface area contributed by atoms with E-state index >= 15 is 0 Å². The summed E-state index contributed by atoms with van der Waals surface area (Å²) >= 11 is 3.75. The number of aryl methyl sites for hydroxylation is 1. The van der Waals surface area contributed by atoms with Gasteiger partial charge < -0.3 is 4.90 Å². The molecule has 1 heterocycles. The maximum absolute atomic E-state index is 2.31. The Morgan fingerprint density at radius 1 is 0.425 bits per heavy atom. The SMILES string of the molecule is Cc1cccc(N(c2ccccc2)c2ccc(-c3ccc(-c4cccc5c4Sc4ccccc4S5)cc3)cc2)c1. The average molecular weight is 550 g/mol. The molecule has 0 atom stereocenters. The van der Waals surface area contributed by atoms with Crippen LogP contribution in [0.4, 0.5) is 17.1 Å². The summed E-state index contributed by atoms with van der Waals surface area (Å²) in [7, 11) is 0. The molecule has 0 N–H and O–H groups in total. The fourth-order valence-electron chi connectivity index (χ4n) is 5.21. The Morgan fingerprint density at radius 3 is 1.70 bits per heavy atom. The highest BCUT2D eigenvalue weighted by Gasteiger charge is 2.20. The Morgan fingerprint density at radius 2 is 0.975 bits per heavy atom. The lowest BCUT2D eigenvalue weighted by atomic mass is 10.00. The van der Waals surface area contributed by atoms with Gasteiger partial charge in [0, 0.05) is 36.6 Å². The lowest BCUT2D eigenvalue weighted by Crippen LogP contribution is -2.09. The van der Waals surface area contributed by atoms with Crippen LogP contribution < -0.4 is 4.90 Å². The highest BCUT2D eigenvalue weighted by molar-refractivity contribution is 8.05. The van der Waals surface area contributed by atoms with Gasteiger partial charge in [-0.3, -0.25) is 0 Å². The molecule has 0 aromatic heterocycles. The van der Waals surface area contributed by atoms with Gasteiger partial charge in [0.2, 0.25) is 0 Å². The topological polar surface area (TPSA) is 3.24 Å². The molecule has 7 rings (SSSR count). The molecule has 0 bridgehead atoms. The summed E-state index contributed by atoms with van der Waals surface area (Å²) in [4.78, 5) is 7.66. The van der Waals surface area contributed by atoms with E-state index in [1.807, 2.05) is 23.5 Å². The van der Waals surface area contributed by atoms with Crippen LogP contribution in [0.1, 0.15) is 5.56 Å². The van der Waals surface area contributed by atoms with E-state index in [2.05, 4.69) is 157 Å². The van der Waals surface area contributed by atoms with Gasteiger partial charge in [-0.25, -0.2) is 0 Å². The third-order valence-corrected chi connectivity index (χ3v) is 9.80. The van der Waals surface area contributed by atoms with Crippen LogP contribution in [0.2, 0.25) is 0 Å². The fraction of sp³-hybridized carbons (Fsp3) is 0.0270. The molecule has 3 heteroatoms. The second-order valence-electron chi connectivity index (χ2n) is 9.92. The van der Waals surface area contributed by atoms with Crippen LogP contribution in [0.15, 0.2) is 165 Å². The molecule has 0 spiro atoms. The van der Waals surface area contributed by atoms with Crippen LogP contribution in [0, 0.1) is 6.92 Å². The van der Waals surface area contributed by atoms with Gasteiger partial charge in [0.05, 0.1) is 0 Å². The zero-order valence-electron chi connectivity index (χ0n) is 22.1. The van der Waals surface area contributed by atoms with E-state index in [0.717, 1.165) is 17.1 Å². The van der Waals surface area contributed by atoms with Gasteiger partial charge >= 0.3 is 0 Å². The smallest absolute Gasteiger partial charge is 0.0464 e. The van der Waals surface area contributed by atoms with Crippen molar-refractivity contribution in [2.24, 2.45) is 0 Å². The zero-order valence-corrected chi connectivity index (χ0v) is 23.8. The molecule has 40 heavy (non-hydrogen) atoms. The molecular weight excluding hydrogens is 523 g/mol. The predicted octanol–water partition coefficient (Wildman–Crippen LogP) is 11.4. The molecule has 0 aliphatic carbocycles. The molecule has 6 aromatic carbocycles. The molecule has 0 radical (unpaired) electrons. The van der Waals surface area contributed by atoms with Gasteiger partial charge in [-0.15, -0.1) is 0 Å². The van der Waals surface area contributed by atoms with Gasteiger partial charge in [-0.05, 0) is 89.3 Å². The number of rotatable bonds is 5. The average Bonchev–Trinajstić information content (AvgIpc) is 3.01. The lowest BCUT2D eigenvalue weighted by Gasteiger charge is -2.26. The highest BCUT2D eigenvalue weighted by atomic mass is 32.2. The normalized spacial score (nSPS) is 11.9. The third kappa shape index (κ3) is 4.83. The van der Waals surface area contributed by atoms with Crippen molar-refractivity contribution in [3.63, 3.8) is 0 Å². The quantitative estimate of drug-likeness (QED) is 0.210. The molecule has 1 aliphatic rings. The molecule has 0 fully saturated rings. The number of anilines is 3. The van der Waals surface area contributed by atoms with Gasteiger partial charge in [-0.2, -0.15) is 0 Å². The van der Waals surface area contributed by atoms with E-state index in [4.69, 9.17) is 0 Å². The maximum Gasteiger partial charge on any atom is 0.0464 e. The molecule has 6 aromatic rings. The van der Waals surface area contributed by atoms with Gasteiger partial charge in [-0.1, -0.05) is 115 Å². The lowest BCUT2D eigenvalue weighted by molar-refractivity contribution is 1.16. The summed E-state index contributed by atoms with van der Waals surface area (Å²) in [6.45, 7) is 2.14. The molecule has 0 amide bonds. The van der Waals surface area contributed by atoms with Crippen molar-refractivity contribution >= 4 is 40.6 Å². The summed E-state index contributed by atoms with van der Waals surface area (Å²) in [6.07, 6.45) is 0. The van der Waals surface area contributed by atoms with E-state index in [1.54, 1.807) is 0 Å². The predicted molar refractivity (Wildman–Crippen MR) is 171 cm³/mol. The van der Waals surface area contributed by atoms with E-state index in [9.17, 15) is 0 Å². The number of para-hydroxylation sites is 1. The first kappa shape index (κ1) is 24.8. The Kier molecular flexibility index (Phi) is 6.68. The number of hydrogen-bond donors (Lipinski definition) is 0. The van der Waals surface area contributed by atoms with Crippen LogP contribution in [-0.2, 0) is 0 Å². The maximum atomic E-state index is 2.31. The first-order chi connectivity index (χ1) is 19.7. The number of nitrogens with zero attached hydrogens (tertiary/aromatic N) is 1. The van der Waals surface area contributed by atoms with Crippen LogP contribution in [0.25, 0.3) is 22.3 Å². The third-order valence-electron chi connectivity index (χ3n) is 7.19. The summed E-state index contributed by atoms with van der Waals surface area (Å²) in [6, 6.07) is 52.5. The second-order valence-corrected chi connectivity index (χ2v) is 12.1.